The van der Waals surface area contributed by atoms with Crippen molar-refractivity contribution >= 4 is 65.0 Å². The average molecular weight is 1040 g/mol. The van der Waals surface area contributed by atoms with Crippen molar-refractivity contribution in [3.8, 4) is 11.1 Å². The highest BCUT2D eigenvalue weighted by atomic mass is 19.1. The van der Waals surface area contributed by atoms with Crippen LogP contribution >= 0.6 is 0 Å². The number of nitrogens with one attached hydrogen (secondary N) is 6. The minimum absolute atomic E-state index is 0.0892. The molecule has 4 rings (SSSR count). The lowest BCUT2D eigenvalue weighted by Gasteiger charge is -2.41. The van der Waals surface area contributed by atoms with Crippen LogP contribution in [0.3, 0.4) is 0 Å². The van der Waals surface area contributed by atoms with Crippen LogP contribution in [0.1, 0.15) is 71.2 Å². The number of hydrogen-bond donors (Lipinski definition) is 9. The van der Waals surface area contributed by atoms with Crippen LogP contribution in [0.5, 0.6) is 0 Å². The first-order valence-electron chi connectivity index (χ1n) is 23.6. The SMILES string of the molecule is [2H]N(C(C)=O)[C@@H](C)C(=O)N[C@@H](CC(=O)N[C@@H](CC(N)=O)C(=O)N[C@@H](CCN(C(=O)CO)[C@@H](c1cc(-c2cc(F)ccc2F)cn1Cc1ccccc1)C(C)(C)C)C(=O)NCCNC(=O)CN1C(=O)C=CC1=O)C(N)=O. The van der Waals surface area contributed by atoms with Crippen LogP contribution in [0.15, 0.2) is 72.9 Å². The van der Waals surface area contributed by atoms with Crippen molar-refractivity contribution in [2.75, 3.05) is 32.8 Å². The minimum atomic E-state index is -1.86. The Morgan fingerprint density at radius 1 is 0.797 bits per heavy atom. The summed E-state index contributed by atoms with van der Waals surface area (Å²) in [5, 5.41) is 22.5. The van der Waals surface area contributed by atoms with Crippen LogP contribution in [0, 0.1) is 17.0 Å². The van der Waals surface area contributed by atoms with Crippen molar-refractivity contribution in [1.82, 2.24) is 46.3 Å². The first-order chi connectivity index (χ1) is 35.2. The fraction of sp³-hybridized carbons (Fsp3) is 0.408. The Morgan fingerprint density at radius 3 is 2.03 bits per heavy atom. The van der Waals surface area contributed by atoms with Gasteiger partial charge in [0.2, 0.25) is 53.2 Å². The van der Waals surface area contributed by atoms with E-state index >= 15 is 4.39 Å². The van der Waals surface area contributed by atoms with E-state index in [0.717, 1.165) is 49.8 Å². The summed E-state index contributed by atoms with van der Waals surface area (Å²) in [4.78, 5) is 143. The van der Waals surface area contributed by atoms with E-state index in [0.29, 0.717) is 15.9 Å². The lowest BCUT2D eigenvalue weighted by molar-refractivity contribution is -0.141. The molecule has 0 saturated heterocycles. The molecule has 1 aromatic heterocycles. The van der Waals surface area contributed by atoms with Gasteiger partial charge in [0.15, 0.2) is 1.41 Å². The second-order valence-electron chi connectivity index (χ2n) is 18.3. The molecule has 25 heteroatoms. The fourth-order valence-corrected chi connectivity index (χ4v) is 7.90. The van der Waals surface area contributed by atoms with Crippen molar-refractivity contribution in [1.29, 1.82) is 0 Å². The summed E-state index contributed by atoms with van der Waals surface area (Å²) < 4.78 is 39.4. The van der Waals surface area contributed by atoms with Gasteiger partial charge in [-0.1, -0.05) is 51.1 Å². The molecule has 0 aliphatic carbocycles. The van der Waals surface area contributed by atoms with Crippen molar-refractivity contribution in [2.24, 2.45) is 16.9 Å². The number of aliphatic hydroxyl groups excluding tert-OH is 1. The monoisotopic (exact) mass is 1030 g/mol. The average Bonchev–Trinajstić information content (AvgIpc) is 3.89. The molecule has 0 saturated carbocycles. The highest BCUT2D eigenvalue weighted by Crippen LogP contribution is 2.41. The number of rotatable bonds is 26. The molecule has 11 N–H and O–H groups in total. The Balaban J connectivity index is 1.69. The van der Waals surface area contributed by atoms with E-state index in [-0.39, 0.29) is 30.8 Å². The second-order valence-corrected chi connectivity index (χ2v) is 18.3. The number of imide groups is 1. The Hall–Kier alpha value is -8.35. The van der Waals surface area contributed by atoms with Gasteiger partial charge in [0, 0.05) is 68.3 Å². The number of carbonyl (C=O) groups is 11. The van der Waals surface area contributed by atoms with Crippen molar-refractivity contribution < 1.29 is 68.0 Å². The third kappa shape index (κ3) is 16.9. The number of carbonyl (C=O) groups excluding carboxylic acids is 11. The largest absolute Gasteiger partial charge is 0.387 e. The summed E-state index contributed by atoms with van der Waals surface area (Å²) in [5.74, 6) is -12.0. The number of primary amides is 2. The maximum Gasteiger partial charge on any atom is 0.254 e. The number of nitrogens with zero attached hydrogens (tertiary/aromatic N) is 3. The summed E-state index contributed by atoms with van der Waals surface area (Å²) >= 11 is 0. The number of halogens is 2. The Morgan fingerprint density at radius 2 is 1.43 bits per heavy atom. The number of benzene rings is 2. The lowest BCUT2D eigenvalue weighted by Crippen LogP contribution is -2.57. The van der Waals surface area contributed by atoms with Gasteiger partial charge in [-0.25, -0.2) is 8.78 Å². The summed E-state index contributed by atoms with van der Waals surface area (Å²) in [6.45, 7) is 4.95. The second kappa shape index (κ2) is 26.4. The van der Waals surface area contributed by atoms with Crippen LogP contribution < -0.4 is 43.4 Å². The first kappa shape index (κ1) is 56.6. The molecule has 0 spiro atoms. The molecule has 11 amide bonds. The summed E-state index contributed by atoms with van der Waals surface area (Å²) in [5.41, 5.74) is 11.3. The molecule has 0 unspecified atom stereocenters. The van der Waals surface area contributed by atoms with Gasteiger partial charge in [-0.2, -0.15) is 0 Å². The van der Waals surface area contributed by atoms with Crippen molar-refractivity contribution in [3.63, 3.8) is 0 Å². The van der Waals surface area contributed by atoms with Crippen LogP contribution in [-0.2, 0) is 59.3 Å². The van der Waals surface area contributed by atoms with Crippen molar-refractivity contribution in [3.05, 3.63) is 95.8 Å². The van der Waals surface area contributed by atoms with Gasteiger partial charge in [-0.05, 0) is 48.6 Å². The van der Waals surface area contributed by atoms with Gasteiger partial charge in [-0.3, -0.25) is 57.6 Å². The normalized spacial score (nSPS) is 14.4. The third-order valence-electron chi connectivity index (χ3n) is 11.3. The zero-order chi connectivity index (χ0) is 55.9. The number of aliphatic hydroxyl groups is 1. The van der Waals surface area contributed by atoms with Crippen LogP contribution in [0.25, 0.3) is 11.1 Å². The quantitative estimate of drug-likeness (QED) is 0.0334. The van der Waals surface area contributed by atoms with E-state index in [1.807, 2.05) is 12.1 Å². The smallest absolute Gasteiger partial charge is 0.254 e. The molecule has 0 bridgehead atoms. The van der Waals surface area contributed by atoms with E-state index < -0.39 is 151 Å². The van der Waals surface area contributed by atoms with Gasteiger partial charge in [-0.15, -0.1) is 0 Å². The molecular weight excluding hydrogens is 973 g/mol. The van der Waals surface area contributed by atoms with Crippen LogP contribution in [-0.4, -0.2) is 141 Å². The number of amides is 11. The molecule has 0 radical (unpaired) electrons. The molecule has 2 aromatic carbocycles. The Labute approximate surface area is 425 Å². The van der Waals surface area contributed by atoms with E-state index in [1.165, 1.54) is 4.90 Å². The zero-order valence-corrected chi connectivity index (χ0v) is 41.3. The Bertz CT molecular complexity index is 2680. The van der Waals surface area contributed by atoms with E-state index in [4.69, 9.17) is 12.9 Å². The van der Waals surface area contributed by atoms with Crippen LogP contribution in [0.4, 0.5) is 8.78 Å². The van der Waals surface area contributed by atoms with Gasteiger partial charge >= 0.3 is 0 Å². The van der Waals surface area contributed by atoms with E-state index in [2.05, 4.69) is 26.6 Å². The number of aromatic nitrogens is 1. The van der Waals surface area contributed by atoms with Gasteiger partial charge in [0.25, 0.3) is 11.8 Å². The lowest BCUT2D eigenvalue weighted by atomic mass is 9.82. The van der Waals surface area contributed by atoms with E-state index in [9.17, 15) is 62.2 Å². The maximum atomic E-state index is 15.4. The minimum Gasteiger partial charge on any atom is -0.387 e. The molecule has 2 heterocycles. The standard InChI is InChI=1S/C49H61F2N11O12/c1-27(56-28(2)64)46(72)59-35(45(53)71)22-39(66)57-36(21-38(52)65)48(74)58-34(47(73)55-17-16-54-40(67)25-62-41(68)13-14-42(62)69)15-18-61(43(70)26-63)44(49(3,4)5)37-19-30(32-20-31(50)11-12-33(32)51)24-60(37)23-29-9-7-6-8-10-29/h6-14,19-20,24,27,34-36,44,63H,15-18,21-23,25-26H2,1-5H3,(H2,52,65)(H2,53,71)(H,54,67)(H,55,73)(H,56,64)(H,57,66)(H,58,74)(H,59,72)/t27-,34-,35-,36-,44-/m0/s1/i/hD. The molecule has 398 valence electrons. The number of nitrogens with two attached hydrogens (primary N) is 2. The zero-order valence-electron chi connectivity index (χ0n) is 42.3. The third-order valence-corrected chi connectivity index (χ3v) is 11.3. The molecule has 0 fully saturated rings. The summed E-state index contributed by atoms with van der Waals surface area (Å²) in [7, 11) is 0. The topological polar surface area (TPSA) is 344 Å². The molecule has 1 aliphatic rings. The predicted octanol–water partition coefficient (Wildman–Crippen LogP) is -1.33. The molecule has 74 heavy (non-hydrogen) atoms. The van der Waals surface area contributed by atoms with E-state index in [1.54, 1.807) is 55.8 Å². The van der Waals surface area contributed by atoms with Gasteiger partial charge in [0.05, 0.1) is 18.9 Å². The number of hydrogen-bond acceptors (Lipinski definition) is 12. The summed E-state index contributed by atoms with van der Waals surface area (Å²) in [6, 6.07) is 5.83. The molecule has 1 aliphatic heterocycles. The van der Waals surface area contributed by atoms with Crippen molar-refractivity contribution in [2.45, 2.75) is 90.6 Å². The van der Waals surface area contributed by atoms with Gasteiger partial charge < -0.3 is 57.9 Å². The predicted molar refractivity (Wildman–Crippen MR) is 260 cm³/mol. The van der Waals surface area contributed by atoms with Crippen LogP contribution in [0.2, 0.25) is 1.41 Å². The summed E-state index contributed by atoms with van der Waals surface area (Å²) in [6.07, 6.45) is 1.29. The fourth-order valence-electron chi connectivity index (χ4n) is 7.90. The Kier molecular flexibility index (Phi) is 20.2. The highest BCUT2D eigenvalue weighted by molar-refractivity contribution is 6.14. The maximum absolute atomic E-state index is 15.4. The molecule has 23 nitrogen and oxygen atoms in total. The molecular formula is C49H61F2N11O12. The first-order valence-corrected chi connectivity index (χ1v) is 23.2. The molecule has 3 aromatic rings. The highest BCUT2D eigenvalue weighted by Gasteiger charge is 2.39. The molecule has 5 atom stereocenters. The van der Waals surface area contributed by atoms with Gasteiger partial charge in [0.1, 0.15) is 49.0 Å².